The molecule has 5 aromatic rings. The van der Waals surface area contributed by atoms with E-state index in [9.17, 15) is 0 Å². The zero-order valence-corrected chi connectivity index (χ0v) is 17.3. The maximum Gasteiger partial charge on any atom is 0.162 e. The second-order valence-electron chi connectivity index (χ2n) is 7.92. The van der Waals surface area contributed by atoms with E-state index in [4.69, 9.17) is 4.98 Å². The first kappa shape index (κ1) is 17.8. The highest BCUT2D eigenvalue weighted by atomic mass is 15.4. The molecule has 9 nitrogen and oxygen atoms in total. The van der Waals surface area contributed by atoms with Crippen molar-refractivity contribution in [1.29, 1.82) is 0 Å². The lowest BCUT2D eigenvalue weighted by atomic mass is 10.1. The van der Waals surface area contributed by atoms with Crippen molar-refractivity contribution in [2.45, 2.75) is 18.8 Å². The third kappa shape index (κ3) is 3.14. The molecule has 1 aliphatic carbocycles. The van der Waals surface area contributed by atoms with Gasteiger partial charge in [0.05, 0.1) is 34.9 Å². The first-order valence-corrected chi connectivity index (χ1v) is 10.3. The van der Waals surface area contributed by atoms with Crippen LogP contribution in [-0.2, 0) is 14.1 Å². The Morgan fingerprint density at radius 1 is 1.03 bits per heavy atom. The van der Waals surface area contributed by atoms with Gasteiger partial charge in [-0.05, 0) is 12.8 Å². The molecule has 9 heteroatoms. The molecule has 1 fully saturated rings. The van der Waals surface area contributed by atoms with Gasteiger partial charge in [-0.2, -0.15) is 10.2 Å². The fraction of sp³-hybridized carbons (Fsp3) is 0.227. The predicted octanol–water partition coefficient (Wildman–Crippen LogP) is 3.57. The molecular formula is C22H21N9. The Kier molecular flexibility index (Phi) is 3.89. The molecular weight excluding hydrogens is 390 g/mol. The number of aryl methyl sites for hydroxylation is 2. The molecule has 0 saturated heterocycles. The van der Waals surface area contributed by atoms with E-state index >= 15 is 0 Å². The van der Waals surface area contributed by atoms with Crippen LogP contribution in [-0.4, -0.2) is 39.5 Å². The fourth-order valence-electron chi connectivity index (χ4n) is 3.78. The molecule has 31 heavy (non-hydrogen) atoms. The number of benzene rings is 1. The van der Waals surface area contributed by atoms with Crippen LogP contribution < -0.4 is 5.32 Å². The van der Waals surface area contributed by atoms with Crippen LogP contribution in [0.15, 0.2) is 54.9 Å². The minimum absolute atomic E-state index is 0.545. The monoisotopic (exact) mass is 411 g/mol. The smallest absolute Gasteiger partial charge is 0.162 e. The summed E-state index contributed by atoms with van der Waals surface area (Å²) in [5.41, 5.74) is 4.68. The van der Waals surface area contributed by atoms with Gasteiger partial charge >= 0.3 is 0 Å². The van der Waals surface area contributed by atoms with Gasteiger partial charge in [-0.15, -0.1) is 5.10 Å². The summed E-state index contributed by atoms with van der Waals surface area (Å²) in [6, 6.07) is 14.1. The summed E-state index contributed by atoms with van der Waals surface area (Å²) in [5, 5.41) is 22.1. The van der Waals surface area contributed by atoms with E-state index in [1.165, 1.54) is 12.8 Å². The molecule has 0 radical (unpaired) electrons. The molecule has 154 valence electrons. The first-order chi connectivity index (χ1) is 15.2. The largest absolute Gasteiger partial charge is 0.325 e. The number of fused-ring (bicyclic) bond motifs is 1. The van der Waals surface area contributed by atoms with Crippen LogP contribution in [0.5, 0.6) is 0 Å². The van der Waals surface area contributed by atoms with Crippen molar-refractivity contribution >= 4 is 22.7 Å². The van der Waals surface area contributed by atoms with Gasteiger partial charge in [0.1, 0.15) is 11.6 Å². The highest BCUT2D eigenvalue weighted by molar-refractivity contribution is 5.86. The normalized spacial score (nSPS) is 13.7. The van der Waals surface area contributed by atoms with Crippen LogP contribution >= 0.6 is 0 Å². The van der Waals surface area contributed by atoms with Gasteiger partial charge in [0.15, 0.2) is 5.65 Å². The van der Waals surface area contributed by atoms with Crippen molar-refractivity contribution in [3.63, 3.8) is 0 Å². The second kappa shape index (κ2) is 6.76. The Morgan fingerprint density at radius 2 is 1.87 bits per heavy atom. The zero-order chi connectivity index (χ0) is 20.9. The molecule has 0 atom stereocenters. The van der Waals surface area contributed by atoms with Crippen molar-refractivity contribution in [2.24, 2.45) is 14.1 Å². The number of hydrogen-bond donors (Lipinski definition) is 1. The number of pyridine rings is 1. The summed E-state index contributed by atoms with van der Waals surface area (Å²) in [6.07, 6.45) is 6.21. The van der Waals surface area contributed by atoms with Gasteiger partial charge in [0.25, 0.3) is 0 Å². The minimum atomic E-state index is 0.545. The quantitative estimate of drug-likeness (QED) is 0.475. The van der Waals surface area contributed by atoms with Crippen LogP contribution in [0.1, 0.15) is 24.5 Å². The molecule has 4 aromatic heterocycles. The summed E-state index contributed by atoms with van der Waals surface area (Å²) < 4.78 is 5.41. The van der Waals surface area contributed by atoms with Crippen LogP contribution in [0.4, 0.5) is 11.6 Å². The number of nitrogens with zero attached hydrogens (tertiary/aromatic N) is 8. The topological polar surface area (TPSA) is 91.3 Å². The summed E-state index contributed by atoms with van der Waals surface area (Å²) in [6.45, 7) is 0. The van der Waals surface area contributed by atoms with Gasteiger partial charge in [-0.25, -0.2) is 9.67 Å². The molecule has 1 saturated carbocycles. The van der Waals surface area contributed by atoms with Crippen LogP contribution in [0.25, 0.3) is 28.0 Å². The maximum absolute atomic E-state index is 4.78. The Labute approximate surface area is 178 Å². The lowest BCUT2D eigenvalue weighted by molar-refractivity contribution is 0.776. The van der Waals surface area contributed by atoms with Gasteiger partial charge in [-0.3, -0.25) is 9.36 Å². The highest BCUT2D eigenvalue weighted by Crippen LogP contribution is 2.39. The maximum atomic E-state index is 4.78. The van der Waals surface area contributed by atoms with E-state index in [-0.39, 0.29) is 0 Å². The molecule has 0 amide bonds. The molecule has 0 spiro atoms. The van der Waals surface area contributed by atoms with Gasteiger partial charge in [0.2, 0.25) is 0 Å². The Balaban J connectivity index is 1.41. The molecule has 1 N–H and O–H groups in total. The van der Waals surface area contributed by atoms with E-state index in [0.717, 1.165) is 39.5 Å². The highest BCUT2D eigenvalue weighted by Gasteiger charge is 2.27. The second-order valence-corrected chi connectivity index (χ2v) is 7.92. The molecule has 6 rings (SSSR count). The Hall–Kier alpha value is -4.01. The molecule has 0 bridgehead atoms. The van der Waals surface area contributed by atoms with Crippen molar-refractivity contribution in [3.8, 4) is 16.9 Å². The van der Waals surface area contributed by atoms with Gasteiger partial charge in [0, 0.05) is 37.7 Å². The van der Waals surface area contributed by atoms with E-state index in [1.807, 2.05) is 78.3 Å². The lowest BCUT2D eigenvalue weighted by Crippen LogP contribution is -2.04. The molecule has 4 heterocycles. The van der Waals surface area contributed by atoms with E-state index in [1.54, 1.807) is 4.68 Å². The standard InChI is InChI=1S/C22H21N9/c1-29-21(10-17(27-29)14-6-4-3-5-7-14)24-20-11-19(16-12-23-30(2)22(16)25-20)31-13-18(26-28-31)15-8-9-15/h3-7,10-13,15H,8-9H2,1-2H3,(H,24,25). The van der Waals surface area contributed by atoms with Crippen LogP contribution in [0.2, 0.25) is 0 Å². The zero-order valence-electron chi connectivity index (χ0n) is 17.3. The third-order valence-electron chi connectivity index (χ3n) is 5.64. The molecule has 0 aliphatic heterocycles. The summed E-state index contributed by atoms with van der Waals surface area (Å²) in [4.78, 5) is 4.78. The number of rotatable bonds is 5. The summed E-state index contributed by atoms with van der Waals surface area (Å²) >= 11 is 0. The number of aromatic nitrogens is 8. The number of nitrogens with one attached hydrogen (secondary N) is 1. The number of hydrogen-bond acceptors (Lipinski definition) is 6. The van der Waals surface area contributed by atoms with Crippen molar-refractivity contribution in [1.82, 2.24) is 39.5 Å². The summed E-state index contributed by atoms with van der Waals surface area (Å²) in [5.74, 6) is 2.08. The first-order valence-electron chi connectivity index (χ1n) is 10.3. The van der Waals surface area contributed by atoms with Crippen LogP contribution in [0, 0.1) is 0 Å². The minimum Gasteiger partial charge on any atom is -0.325 e. The van der Waals surface area contributed by atoms with E-state index in [2.05, 4.69) is 25.8 Å². The SMILES string of the molecule is Cn1nc(-c2ccccc2)cc1Nc1cc(-n2cc(C3CC3)nn2)c2cnn(C)c2n1. The van der Waals surface area contributed by atoms with E-state index < -0.39 is 0 Å². The average Bonchev–Trinajstić information content (AvgIpc) is 3.23. The van der Waals surface area contributed by atoms with Crippen LogP contribution in [0.3, 0.4) is 0 Å². The molecule has 1 aromatic carbocycles. The Morgan fingerprint density at radius 3 is 2.68 bits per heavy atom. The predicted molar refractivity (Wildman–Crippen MR) is 117 cm³/mol. The Bertz CT molecular complexity index is 1390. The van der Waals surface area contributed by atoms with Crippen molar-refractivity contribution in [2.75, 3.05) is 5.32 Å². The molecule has 0 unspecified atom stereocenters. The van der Waals surface area contributed by atoms with Gasteiger partial charge in [-0.1, -0.05) is 35.5 Å². The molecule has 1 aliphatic rings. The number of anilines is 2. The van der Waals surface area contributed by atoms with Crippen molar-refractivity contribution < 1.29 is 0 Å². The summed E-state index contributed by atoms with van der Waals surface area (Å²) in [7, 11) is 3.80. The average molecular weight is 411 g/mol. The van der Waals surface area contributed by atoms with Gasteiger partial charge < -0.3 is 5.32 Å². The third-order valence-corrected chi connectivity index (χ3v) is 5.64. The fourth-order valence-corrected chi connectivity index (χ4v) is 3.78. The van der Waals surface area contributed by atoms with Crippen molar-refractivity contribution in [3.05, 3.63) is 60.6 Å². The van der Waals surface area contributed by atoms with E-state index in [0.29, 0.717) is 11.7 Å². The lowest BCUT2D eigenvalue weighted by Gasteiger charge is -2.09.